The molecule has 0 amide bonds. The molecule has 7 nitrogen and oxygen atoms in total. The topological polar surface area (TPSA) is 93.1 Å². The third-order valence-electron chi connectivity index (χ3n) is 4.52. The van der Waals surface area contributed by atoms with E-state index < -0.39 is 16.0 Å². The average molecular weight is 427 g/mol. The van der Waals surface area contributed by atoms with Crippen LogP contribution in [0.2, 0.25) is 0 Å². The number of anilines is 1. The molecule has 3 aromatic carbocycles. The second-order valence-electron chi connectivity index (χ2n) is 6.36. The molecule has 0 fully saturated rings. The first-order chi connectivity index (χ1) is 14.4. The van der Waals surface area contributed by atoms with Crippen molar-refractivity contribution in [2.24, 2.45) is 0 Å². The monoisotopic (exact) mass is 427 g/mol. The summed E-state index contributed by atoms with van der Waals surface area (Å²) in [6.45, 7) is -0.0529. The molecule has 0 aliphatic carbocycles. The fourth-order valence-corrected chi connectivity index (χ4v) is 4.41. The first-order valence-electron chi connectivity index (χ1n) is 8.99. The molecule has 0 aromatic heterocycles. The van der Waals surface area contributed by atoms with Crippen LogP contribution < -0.4 is 13.8 Å². The van der Waals surface area contributed by atoms with Crippen molar-refractivity contribution in [3.8, 4) is 11.5 Å². The van der Waals surface area contributed by atoms with Gasteiger partial charge in [-0.25, -0.2) is 13.2 Å². The van der Waals surface area contributed by atoms with Crippen LogP contribution in [-0.4, -0.2) is 33.7 Å². The van der Waals surface area contributed by atoms with E-state index in [1.807, 2.05) is 6.07 Å². The van der Waals surface area contributed by atoms with Crippen LogP contribution in [-0.2, 0) is 16.6 Å². The Bertz CT molecular complexity index is 1130. The number of carbonyl (C=O) groups is 1. The molecule has 0 aliphatic heterocycles. The second kappa shape index (κ2) is 8.87. The predicted octanol–water partition coefficient (Wildman–Crippen LogP) is 3.80. The number of benzene rings is 3. The number of ether oxygens (including phenoxy) is 2. The number of aromatic carboxylic acids is 1. The van der Waals surface area contributed by atoms with E-state index in [4.69, 9.17) is 9.47 Å². The molecule has 0 heterocycles. The Hall–Kier alpha value is -3.52. The Balaban J connectivity index is 2.19. The van der Waals surface area contributed by atoms with Gasteiger partial charge in [0.25, 0.3) is 10.0 Å². The third-order valence-corrected chi connectivity index (χ3v) is 6.29. The first kappa shape index (κ1) is 21.2. The predicted molar refractivity (Wildman–Crippen MR) is 113 cm³/mol. The lowest BCUT2D eigenvalue weighted by Gasteiger charge is -2.26. The maximum Gasteiger partial charge on any atom is 0.337 e. The van der Waals surface area contributed by atoms with Crippen LogP contribution in [0, 0.1) is 0 Å². The molecule has 8 heteroatoms. The summed E-state index contributed by atoms with van der Waals surface area (Å²) in [7, 11) is -1.18. The van der Waals surface area contributed by atoms with Gasteiger partial charge in [-0.15, -0.1) is 0 Å². The van der Waals surface area contributed by atoms with E-state index in [2.05, 4.69) is 0 Å². The smallest absolute Gasteiger partial charge is 0.337 e. The van der Waals surface area contributed by atoms with Gasteiger partial charge >= 0.3 is 5.97 Å². The summed E-state index contributed by atoms with van der Waals surface area (Å²) in [5.41, 5.74) is 0.569. The van der Waals surface area contributed by atoms with Gasteiger partial charge in [-0.3, -0.25) is 4.31 Å². The zero-order valence-electron chi connectivity index (χ0n) is 16.5. The van der Waals surface area contributed by atoms with Crippen molar-refractivity contribution in [2.75, 3.05) is 18.5 Å². The second-order valence-corrected chi connectivity index (χ2v) is 8.22. The van der Waals surface area contributed by atoms with Gasteiger partial charge in [0.15, 0.2) is 0 Å². The van der Waals surface area contributed by atoms with Gasteiger partial charge in [-0.05, 0) is 42.0 Å². The maximum absolute atomic E-state index is 13.6. The number of carboxylic acids is 1. The van der Waals surface area contributed by atoms with Crippen molar-refractivity contribution in [1.29, 1.82) is 0 Å². The zero-order chi connectivity index (χ0) is 21.7. The molecule has 0 aliphatic rings. The Labute approximate surface area is 175 Å². The fourth-order valence-electron chi connectivity index (χ4n) is 2.95. The van der Waals surface area contributed by atoms with E-state index in [0.717, 1.165) is 4.31 Å². The number of hydrogen-bond donors (Lipinski definition) is 1. The first-order valence-corrected chi connectivity index (χ1v) is 10.4. The highest BCUT2D eigenvalue weighted by Gasteiger charge is 2.29. The lowest BCUT2D eigenvalue weighted by Crippen LogP contribution is -2.32. The minimum atomic E-state index is -4.10. The van der Waals surface area contributed by atoms with Gasteiger partial charge in [0.1, 0.15) is 11.5 Å². The lowest BCUT2D eigenvalue weighted by atomic mass is 10.1. The van der Waals surface area contributed by atoms with Gasteiger partial charge in [-0.2, -0.15) is 0 Å². The third kappa shape index (κ3) is 4.38. The van der Waals surface area contributed by atoms with E-state index in [9.17, 15) is 18.3 Å². The van der Waals surface area contributed by atoms with Crippen LogP contribution in [0.3, 0.4) is 0 Å². The number of nitrogens with zero attached hydrogens (tertiary/aromatic N) is 1. The Morgan fingerprint density at radius 1 is 0.900 bits per heavy atom. The van der Waals surface area contributed by atoms with Crippen molar-refractivity contribution in [3.05, 3.63) is 83.9 Å². The van der Waals surface area contributed by atoms with E-state index in [1.54, 1.807) is 24.3 Å². The highest BCUT2D eigenvalue weighted by atomic mass is 32.2. The van der Waals surface area contributed by atoms with E-state index in [1.165, 1.54) is 56.7 Å². The van der Waals surface area contributed by atoms with Crippen LogP contribution in [0.25, 0.3) is 0 Å². The highest BCUT2D eigenvalue weighted by Crippen LogP contribution is 2.33. The quantitative estimate of drug-likeness (QED) is 0.588. The van der Waals surface area contributed by atoms with Gasteiger partial charge < -0.3 is 14.6 Å². The molecule has 1 N–H and O–H groups in total. The standard InChI is InChI=1S/C22H21NO6S/c1-28-17-8-11-19(12-9-17)30(26,27)23(15-16-6-4-3-5-7-16)21-14-18(29-2)10-13-20(21)22(24)25/h3-14H,15H2,1-2H3,(H,24,25). The minimum absolute atomic E-state index is 0.0124. The summed E-state index contributed by atoms with van der Waals surface area (Å²) in [4.78, 5) is 11.9. The molecule has 0 saturated heterocycles. The van der Waals surface area contributed by atoms with Crippen molar-refractivity contribution < 1.29 is 27.8 Å². The van der Waals surface area contributed by atoms with Crippen molar-refractivity contribution >= 4 is 21.7 Å². The van der Waals surface area contributed by atoms with Gasteiger partial charge in [0.05, 0.1) is 36.9 Å². The molecule has 30 heavy (non-hydrogen) atoms. The van der Waals surface area contributed by atoms with E-state index in [0.29, 0.717) is 17.1 Å². The van der Waals surface area contributed by atoms with Crippen LogP contribution in [0.4, 0.5) is 5.69 Å². The molecule has 0 radical (unpaired) electrons. The lowest BCUT2D eigenvalue weighted by molar-refractivity contribution is 0.0697. The summed E-state index contributed by atoms with van der Waals surface area (Å²) >= 11 is 0. The Morgan fingerprint density at radius 3 is 2.07 bits per heavy atom. The SMILES string of the molecule is COc1ccc(S(=O)(=O)N(Cc2ccccc2)c2cc(OC)ccc2C(=O)O)cc1. The molecule has 0 saturated carbocycles. The molecule has 0 spiro atoms. The minimum Gasteiger partial charge on any atom is -0.497 e. The number of carboxylic acid groups (broad SMARTS) is 1. The van der Waals surface area contributed by atoms with Gasteiger partial charge in [0.2, 0.25) is 0 Å². The molecular formula is C22H21NO6S. The molecule has 3 rings (SSSR count). The zero-order valence-corrected chi connectivity index (χ0v) is 17.3. The molecule has 156 valence electrons. The van der Waals surface area contributed by atoms with Crippen LogP contribution >= 0.6 is 0 Å². The molecule has 3 aromatic rings. The van der Waals surface area contributed by atoms with Crippen LogP contribution in [0.5, 0.6) is 11.5 Å². The Morgan fingerprint density at radius 2 is 1.50 bits per heavy atom. The van der Waals surface area contributed by atoms with E-state index >= 15 is 0 Å². The van der Waals surface area contributed by atoms with Crippen molar-refractivity contribution in [3.63, 3.8) is 0 Å². The van der Waals surface area contributed by atoms with Gasteiger partial charge in [0, 0.05) is 6.07 Å². The number of rotatable bonds is 8. The number of methoxy groups -OCH3 is 2. The highest BCUT2D eigenvalue weighted by molar-refractivity contribution is 7.92. The summed E-state index contributed by atoms with van der Waals surface area (Å²) in [5, 5.41) is 9.67. The molecular weight excluding hydrogens is 406 g/mol. The summed E-state index contributed by atoms with van der Waals surface area (Å²) < 4.78 is 38.5. The molecule has 0 atom stereocenters. The van der Waals surface area contributed by atoms with Crippen LogP contribution in [0.15, 0.2) is 77.7 Å². The van der Waals surface area contributed by atoms with E-state index in [-0.39, 0.29) is 22.7 Å². The van der Waals surface area contributed by atoms with Gasteiger partial charge in [-0.1, -0.05) is 30.3 Å². The molecule has 0 unspecified atom stereocenters. The summed E-state index contributed by atoms with van der Waals surface area (Å²) in [5.74, 6) is -0.384. The number of hydrogen-bond acceptors (Lipinski definition) is 5. The fraction of sp³-hybridized carbons (Fsp3) is 0.136. The van der Waals surface area contributed by atoms with Crippen molar-refractivity contribution in [1.82, 2.24) is 0 Å². The largest absolute Gasteiger partial charge is 0.497 e. The number of sulfonamides is 1. The van der Waals surface area contributed by atoms with Crippen molar-refractivity contribution in [2.45, 2.75) is 11.4 Å². The summed E-state index contributed by atoms with van der Waals surface area (Å²) in [6, 6.07) is 19.1. The molecule has 0 bridgehead atoms. The Kier molecular flexibility index (Phi) is 6.27. The van der Waals surface area contributed by atoms with Crippen LogP contribution in [0.1, 0.15) is 15.9 Å². The summed E-state index contributed by atoms with van der Waals surface area (Å²) in [6.07, 6.45) is 0. The maximum atomic E-state index is 13.6. The average Bonchev–Trinajstić information content (AvgIpc) is 2.77. The normalized spacial score (nSPS) is 11.0.